The van der Waals surface area contributed by atoms with Crippen LogP contribution in [0.1, 0.15) is 12.0 Å². The summed E-state index contributed by atoms with van der Waals surface area (Å²) in [5, 5.41) is 5.62. The molecule has 0 saturated carbocycles. The summed E-state index contributed by atoms with van der Waals surface area (Å²) >= 11 is 0. The Labute approximate surface area is 112 Å². The molecule has 2 N–H and O–H groups in total. The summed E-state index contributed by atoms with van der Waals surface area (Å²) in [4.78, 5) is 15.6. The smallest absolute Gasteiger partial charge is 0.319 e. The number of carbonyl (C=O) groups excluding carboxylic acids is 1. The highest BCUT2D eigenvalue weighted by Gasteiger charge is 2.00. The van der Waals surface area contributed by atoms with Crippen LogP contribution < -0.4 is 10.6 Å². The molecule has 2 amide bonds. The molecule has 1 heterocycles. The predicted molar refractivity (Wildman–Crippen MR) is 75.0 cm³/mol. The van der Waals surface area contributed by atoms with E-state index in [9.17, 15) is 4.79 Å². The van der Waals surface area contributed by atoms with Gasteiger partial charge in [0.2, 0.25) is 0 Å². The molecule has 1 aromatic heterocycles. The van der Waals surface area contributed by atoms with Crippen LogP contribution in [-0.4, -0.2) is 22.1 Å². The number of hydrogen-bond acceptors (Lipinski definition) is 2. The van der Waals surface area contributed by atoms with Crippen molar-refractivity contribution in [3.05, 3.63) is 48.5 Å². The number of nitrogens with zero attached hydrogens (tertiary/aromatic N) is 2. The summed E-state index contributed by atoms with van der Waals surface area (Å²) in [6.45, 7) is 3.50. The fourth-order valence-corrected chi connectivity index (χ4v) is 1.69. The van der Waals surface area contributed by atoms with Crippen molar-refractivity contribution < 1.29 is 4.79 Å². The maximum atomic E-state index is 11.6. The Kier molecular flexibility index (Phi) is 4.55. The van der Waals surface area contributed by atoms with Gasteiger partial charge in [0, 0.05) is 31.2 Å². The Morgan fingerprint density at radius 2 is 2.11 bits per heavy atom. The van der Waals surface area contributed by atoms with Crippen LogP contribution in [-0.2, 0) is 6.54 Å². The van der Waals surface area contributed by atoms with Gasteiger partial charge in [-0.3, -0.25) is 0 Å². The van der Waals surface area contributed by atoms with Crippen LogP contribution in [0.3, 0.4) is 0 Å². The molecule has 100 valence electrons. The van der Waals surface area contributed by atoms with Gasteiger partial charge in [0.15, 0.2) is 0 Å². The molecule has 0 radical (unpaired) electrons. The Balaban J connectivity index is 1.65. The second-order valence-corrected chi connectivity index (χ2v) is 4.40. The number of urea groups is 1. The van der Waals surface area contributed by atoms with Crippen LogP contribution >= 0.6 is 0 Å². The SMILES string of the molecule is Cc1ccc(NC(=O)NCCCn2ccnc2)cc1. The van der Waals surface area contributed by atoms with E-state index in [4.69, 9.17) is 0 Å². The van der Waals surface area contributed by atoms with Crippen molar-refractivity contribution in [2.75, 3.05) is 11.9 Å². The minimum atomic E-state index is -0.172. The molecule has 0 saturated heterocycles. The number of benzene rings is 1. The standard InChI is InChI=1S/C14H18N4O/c1-12-3-5-13(6-4-12)17-14(19)16-7-2-9-18-10-8-15-11-18/h3-6,8,10-11H,2,7,9H2,1H3,(H2,16,17,19). The topological polar surface area (TPSA) is 59.0 Å². The van der Waals surface area contributed by atoms with Gasteiger partial charge < -0.3 is 15.2 Å². The van der Waals surface area contributed by atoms with Gasteiger partial charge in [0.25, 0.3) is 0 Å². The van der Waals surface area contributed by atoms with Crippen LogP contribution in [0.2, 0.25) is 0 Å². The highest BCUT2D eigenvalue weighted by atomic mass is 16.2. The van der Waals surface area contributed by atoms with E-state index >= 15 is 0 Å². The largest absolute Gasteiger partial charge is 0.338 e. The number of rotatable bonds is 5. The summed E-state index contributed by atoms with van der Waals surface area (Å²) in [5.74, 6) is 0. The Morgan fingerprint density at radius 1 is 1.32 bits per heavy atom. The summed E-state index contributed by atoms with van der Waals surface area (Å²) < 4.78 is 1.99. The lowest BCUT2D eigenvalue weighted by Gasteiger charge is -2.08. The van der Waals surface area contributed by atoms with Crippen molar-refractivity contribution in [1.29, 1.82) is 0 Å². The Hall–Kier alpha value is -2.30. The van der Waals surface area contributed by atoms with E-state index in [-0.39, 0.29) is 6.03 Å². The molecule has 0 atom stereocenters. The van der Waals surface area contributed by atoms with Gasteiger partial charge in [0.1, 0.15) is 0 Å². The van der Waals surface area contributed by atoms with Gasteiger partial charge in [0.05, 0.1) is 6.33 Å². The predicted octanol–water partition coefficient (Wildman–Crippen LogP) is 2.40. The molecule has 19 heavy (non-hydrogen) atoms. The van der Waals surface area contributed by atoms with Crippen LogP contribution in [0.5, 0.6) is 0 Å². The number of hydrogen-bond donors (Lipinski definition) is 2. The highest BCUT2D eigenvalue weighted by Crippen LogP contribution is 2.07. The lowest BCUT2D eigenvalue weighted by atomic mass is 10.2. The monoisotopic (exact) mass is 258 g/mol. The van der Waals surface area contributed by atoms with Crippen LogP contribution in [0.25, 0.3) is 0 Å². The number of anilines is 1. The van der Waals surface area contributed by atoms with Crippen molar-refractivity contribution in [1.82, 2.24) is 14.9 Å². The van der Waals surface area contributed by atoms with Crippen molar-refractivity contribution in [2.24, 2.45) is 0 Å². The van der Waals surface area contributed by atoms with E-state index in [1.54, 1.807) is 12.5 Å². The first-order valence-electron chi connectivity index (χ1n) is 6.31. The molecule has 0 unspecified atom stereocenters. The molecule has 0 aliphatic heterocycles. The Bertz CT molecular complexity index is 505. The molecule has 0 fully saturated rings. The molecule has 0 bridgehead atoms. The number of amides is 2. The third-order valence-corrected chi connectivity index (χ3v) is 2.75. The average Bonchev–Trinajstić information content (AvgIpc) is 2.91. The third-order valence-electron chi connectivity index (χ3n) is 2.75. The number of aromatic nitrogens is 2. The first-order valence-corrected chi connectivity index (χ1v) is 6.31. The second-order valence-electron chi connectivity index (χ2n) is 4.40. The molecule has 1 aromatic carbocycles. The van der Waals surface area contributed by atoms with E-state index in [0.29, 0.717) is 6.54 Å². The Morgan fingerprint density at radius 3 is 2.79 bits per heavy atom. The maximum absolute atomic E-state index is 11.6. The van der Waals surface area contributed by atoms with Crippen molar-refractivity contribution in [2.45, 2.75) is 19.9 Å². The van der Waals surface area contributed by atoms with Gasteiger partial charge in [-0.15, -0.1) is 0 Å². The van der Waals surface area contributed by atoms with Crippen molar-refractivity contribution in [3.8, 4) is 0 Å². The van der Waals surface area contributed by atoms with Gasteiger partial charge in [-0.25, -0.2) is 9.78 Å². The van der Waals surface area contributed by atoms with Crippen LogP contribution in [0.4, 0.5) is 10.5 Å². The van der Waals surface area contributed by atoms with Crippen LogP contribution in [0.15, 0.2) is 43.0 Å². The molecule has 0 aliphatic rings. The molecule has 0 aliphatic carbocycles. The van der Waals surface area contributed by atoms with Gasteiger partial charge in [-0.1, -0.05) is 17.7 Å². The van der Waals surface area contributed by atoms with E-state index in [0.717, 1.165) is 18.7 Å². The van der Waals surface area contributed by atoms with E-state index < -0.39 is 0 Å². The third kappa shape index (κ3) is 4.46. The lowest BCUT2D eigenvalue weighted by Crippen LogP contribution is -2.29. The summed E-state index contributed by atoms with van der Waals surface area (Å²) in [6, 6.07) is 7.54. The minimum absolute atomic E-state index is 0.172. The number of aryl methyl sites for hydroxylation is 2. The number of imidazole rings is 1. The normalized spacial score (nSPS) is 10.2. The second kappa shape index (κ2) is 6.58. The molecular weight excluding hydrogens is 240 g/mol. The van der Waals surface area contributed by atoms with Gasteiger partial charge in [-0.2, -0.15) is 0 Å². The van der Waals surface area contributed by atoms with Crippen molar-refractivity contribution in [3.63, 3.8) is 0 Å². The lowest BCUT2D eigenvalue weighted by molar-refractivity contribution is 0.252. The van der Waals surface area contributed by atoms with Gasteiger partial charge in [-0.05, 0) is 25.5 Å². The quantitative estimate of drug-likeness (QED) is 0.809. The molecular formula is C14H18N4O. The summed E-state index contributed by atoms with van der Waals surface area (Å²) in [6.07, 6.45) is 6.30. The molecule has 5 heteroatoms. The fraction of sp³-hybridized carbons (Fsp3) is 0.286. The van der Waals surface area contributed by atoms with E-state index in [2.05, 4.69) is 15.6 Å². The average molecular weight is 258 g/mol. The molecule has 0 spiro atoms. The fourth-order valence-electron chi connectivity index (χ4n) is 1.69. The molecule has 2 aromatic rings. The first-order chi connectivity index (χ1) is 9.24. The van der Waals surface area contributed by atoms with Gasteiger partial charge >= 0.3 is 6.03 Å². The zero-order valence-electron chi connectivity index (χ0n) is 11.0. The number of nitrogens with one attached hydrogen (secondary N) is 2. The zero-order chi connectivity index (χ0) is 13.5. The zero-order valence-corrected chi connectivity index (χ0v) is 11.0. The molecule has 2 rings (SSSR count). The summed E-state index contributed by atoms with van der Waals surface area (Å²) in [5.41, 5.74) is 1.98. The minimum Gasteiger partial charge on any atom is -0.338 e. The van der Waals surface area contributed by atoms with E-state index in [1.807, 2.05) is 42.0 Å². The maximum Gasteiger partial charge on any atom is 0.319 e. The molecule has 5 nitrogen and oxygen atoms in total. The first kappa shape index (κ1) is 13.1. The number of carbonyl (C=O) groups is 1. The van der Waals surface area contributed by atoms with Crippen molar-refractivity contribution >= 4 is 11.7 Å². The summed E-state index contributed by atoms with van der Waals surface area (Å²) in [7, 11) is 0. The highest BCUT2D eigenvalue weighted by molar-refractivity contribution is 5.89. The van der Waals surface area contributed by atoms with Crippen LogP contribution in [0, 0.1) is 6.92 Å². The van der Waals surface area contributed by atoms with E-state index in [1.165, 1.54) is 5.56 Å².